The summed E-state index contributed by atoms with van der Waals surface area (Å²) in [5, 5.41) is 11.4. The molecule has 0 aliphatic rings. The Morgan fingerprint density at radius 1 is 1.44 bits per heavy atom. The monoisotopic (exact) mass is 270 g/mol. The fourth-order valence-corrected chi connectivity index (χ4v) is 2.28. The van der Waals surface area contributed by atoms with Gasteiger partial charge in [0.25, 0.3) is 5.91 Å². The number of amides is 2. The molecule has 0 bridgehead atoms. The van der Waals surface area contributed by atoms with Gasteiger partial charge in [-0.25, -0.2) is 0 Å². The third-order valence-corrected chi connectivity index (χ3v) is 3.47. The van der Waals surface area contributed by atoms with Crippen molar-refractivity contribution in [1.82, 2.24) is 10.2 Å². The van der Waals surface area contributed by atoms with Gasteiger partial charge in [0, 0.05) is 18.0 Å². The summed E-state index contributed by atoms with van der Waals surface area (Å²) in [6.45, 7) is 4.46. The first-order valence-corrected chi connectivity index (χ1v) is 6.63. The van der Waals surface area contributed by atoms with E-state index in [0.717, 1.165) is 4.88 Å². The van der Waals surface area contributed by atoms with Gasteiger partial charge in [0.1, 0.15) is 0 Å². The van der Waals surface area contributed by atoms with Crippen molar-refractivity contribution in [3.05, 3.63) is 21.9 Å². The Balaban J connectivity index is 2.45. The molecule has 1 aromatic heterocycles. The number of rotatable bonds is 6. The number of nitrogens with one attached hydrogen (secondary N) is 1. The quantitative estimate of drug-likeness (QED) is 0.796. The highest BCUT2D eigenvalue weighted by Crippen LogP contribution is 2.14. The third-order valence-electron chi connectivity index (χ3n) is 2.47. The van der Waals surface area contributed by atoms with Gasteiger partial charge < -0.3 is 15.3 Å². The van der Waals surface area contributed by atoms with Crippen molar-refractivity contribution >= 4 is 23.2 Å². The Morgan fingerprint density at radius 3 is 2.67 bits per heavy atom. The van der Waals surface area contributed by atoms with Crippen LogP contribution in [0.5, 0.6) is 0 Å². The average Bonchev–Trinajstić information content (AvgIpc) is 2.79. The minimum Gasteiger partial charge on any atom is -0.395 e. The van der Waals surface area contributed by atoms with Gasteiger partial charge in [0.05, 0.1) is 18.0 Å². The molecule has 100 valence electrons. The van der Waals surface area contributed by atoms with Crippen LogP contribution in [0, 0.1) is 6.92 Å². The van der Waals surface area contributed by atoms with Crippen LogP contribution in [-0.4, -0.2) is 48.1 Å². The number of aryl methyl sites for hydroxylation is 1. The van der Waals surface area contributed by atoms with Gasteiger partial charge in [-0.15, -0.1) is 11.3 Å². The summed E-state index contributed by atoms with van der Waals surface area (Å²) in [5.74, 6) is -0.422. The zero-order valence-electron chi connectivity index (χ0n) is 10.6. The van der Waals surface area contributed by atoms with Crippen molar-refractivity contribution in [2.75, 3.05) is 26.2 Å². The molecule has 0 spiro atoms. The van der Waals surface area contributed by atoms with Crippen LogP contribution in [0.1, 0.15) is 21.5 Å². The van der Waals surface area contributed by atoms with Crippen molar-refractivity contribution in [2.24, 2.45) is 0 Å². The largest absolute Gasteiger partial charge is 0.395 e. The Labute approximate surface area is 110 Å². The molecule has 2 amide bonds. The van der Waals surface area contributed by atoms with E-state index < -0.39 is 0 Å². The van der Waals surface area contributed by atoms with Crippen molar-refractivity contribution in [3.8, 4) is 0 Å². The topological polar surface area (TPSA) is 69.6 Å². The molecule has 5 nitrogen and oxygen atoms in total. The van der Waals surface area contributed by atoms with Gasteiger partial charge in [-0.05, 0) is 26.0 Å². The molecule has 18 heavy (non-hydrogen) atoms. The molecule has 2 N–H and O–H groups in total. The molecular formula is C12H18N2O3S. The summed E-state index contributed by atoms with van der Waals surface area (Å²) in [6, 6.07) is 3.61. The van der Waals surface area contributed by atoms with E-state index in [0.29, 0.717) is 18.0 Å². The van der Waals surface area contributed by atoms with Gasteiger partial charge in [0.15, 0.2) is 0 Å². The first kappa shape index (κ1) is 14.7. The SMILES string of the molecule is CCN(CCO)C(=O)CNC(=O)c1ccc(C)s1. The molecule has 0 aliphatic carbocycles. The molecule has 1 aromatic rings. The van der Waals surface area contributed by atoms with E-state index >= 15 is 0 Å². The first-order valence-electron chi connectivity index (χ1n) is 5.81. The molecular weight excluding hydrogens is 252 g/mol. The van der Waals surface area contributed by atoms with E-state index in [1.54, 1.807) is 6.07 Å². The number of hydrogen-bond acceptors (Lipinski definition) is 4. The van der Waals surface area contributed by atoms with Crippen LogP contribution >= 0.6 is 11.3 Å². The van der Waals surface area contributed by atoms with Crippen molar-refractivity contribution in [2.45, 2.75) is 13.8 Å². The minimum atomic E-state index is -0.235. The lowest BCUT2D eigenvalue weighted by molar-refractivity contribution is -0.130. The number of aliphatic hydroxyl groups excluding tert-OH is 1. The van der Waals surface area contributed by atoms with E-state index in [1.807, 2.05) is 19.9 Å². The molecule has 0 saturated carbocycles. The highest BCUT2D eigenvalue weighted by molar-refractivity contribution is 7.13. The zero-order valence-corrected chi connectivity index (χ0v) is 11.4. The lowest BCUT2D eigenvalue weighted by atomic mass is 10.4. The van der Waals surface area contributed by atoms with E-state index in [-0.39, 0.29) is 25.0 Å². The van der Waals surface area contributed by atoms with Crippen LogP contribution in [0.15, 0.2) is 12.1 Å². The van der Waals surface area contributed by atoms with E-state index in [1.165, 1.54) is 16.2 Å². The fourth-order valence-electron chi connectivity index (χ4n) is 1.49. The lowest BCUT2D eigenvalue weighted by Gasteiger charge is -2.19. The standard InChI is InChI=1S/C12H18N2O3S/c1-3-14(6-7-15)11(16)8-13-12(17)10-5-4-9(2)18-10/h4-5,15H,3,6-8H2,1-2H3,(H,13,17). The van der Waals surface area contributed by atoms with E-state index in [2.05, 4.69) is 5.32 Å². The fraction of sp³-hybridized carbons (Fsp3) is 0.500. The van der Waals surface area contributed by atoms with Crippen molar-refractivity contribution < 1.29 is 14.7 Å². The highest BCUT2D eigenvalue weighted by atomic mass is 32.1. The second-order valence-electron chi connectivity index (χ2n) is 3.79. The predicted octanol–water partition coefficient (Wildman–Crippen LogP) is 0.627. The minimum absolute atomic E-state index is 0.0381. The number of hydrogen-bond donors (Lipinski definition) is 2. The van der Waals surface area contributed by atoms with Gasteiger partial charge in [-0.3, -0.25) is 9.59 Å². The van der Waals surface area contributed by atoms with Crippen LogP contribution in [0.3, 0.4) is 0 Å². The van der Waals surface area contributed by atoms with Crippen LogP contribution in [-0.2, 0) is 4.79 Å². The zero-order chi connectivity index (χ0) is 13.5. The lowest BCUT2D eigenvalue weighted by Crippen LogP contribution is -2.41. The maximum Gasteiger partial charge on any atom is 0.261 e. The van der Waals surface area contributed by atoms with Crippen molar-refractivity contribution in [1.29, 1.82) is 0 Å². The molecule has 6 heteroatoms. The Hall–Kier alpha value is -1.40. The van der Waals surface area contributed by atoms with Crippen LogP contribution in [0.4, 0.5) is 0 Å². The first-order chi connectivity index (χ1) is 8.58. The number of thiophene rings is 1. The second-order valence-corrected chi connectivity index (χ2v) is 5.08. The van der Waals surface area contributed by atoms with E-state index in [9.17, 15) is 9.59 Å². The number of nitrogens with zero attached hydrogens (tertiary/aromatic N) is 1. The maximum atomic E-state index is 11.7. The third kappa shape index (κ3) is 4.12. The molecule has 0 saturated heterocycles. The molecule has 0 atom stereocenters. The number of likely N-dealkylation sites (N-methyl/N-ethyl adjacent to an activating group) is 1. The summed E-state index contributed by atoms with van der Waals surface area (Å²) < 4.78 is 0. The smallest absolute Gasteiger partial charge is 0.261 e. The molecule has 0 aliphatic heterocycles. The number of carbonyl (C=O) groups excluding carboxylic acids is 2. The van der Waals surface area contributed by atoms with Crippen LogP contribution in [0.25, 0.3) is 0 Å². The second kappa shape index (κ2) is 7.13. The maximum absolute atomic E-state index is 11.7. The van der Waals surface area contributed by atoms with Crippen LogP contribution < -0.4 is 5.32 Å². The molecule has 1 heterocycles. The summed E-state index contributed by atoms with van der Waals surface area (Å²) in [6.07, 6.45) is 0. The van der Waals surface area contributed by atoms with Gasteiger partial charge >= 0.3 is 0 Å². The number of carbonyl (C=O) groups is 2. The molecule has 1 rings (SSSR count). The van der Waals surface area contributed by atoms with Gasteiger partial charge in [-0.1, -0.05) is 0 Å². The summed E-state index contributed by atoms with van der Waals surface area (Å²) in [4.78, 5) is 26.6. The van der Waals surface area contributed by atoms with Gasteiger partial charge in [-0.2, -0.15) is 0 Å². The van der Waals surface area contributed by atoms with Crippen molar-refractivity contribution in [3.63, 3.8) is 0 Å². The number of aliphatic hydroxyl groups is 1. The predicted molar refractivity (Wildman–Crippen MR) is 70.7 cm³/mol. The Bertz CT molecular complexity index is 417. The normalized spacial score (nSPS) is 10.2. The molecule has 0 unspecified atom stereocenters. The van der Waals surface area contributed by atoms with Gasteiger partial charge in [0.2, 0.25) is 5.91 Å². The molecule has 0 fully saturated rings. The summed E-state index contributed by atoms with van der Waals surface area (Å²) in [7, 11) is 0. The Morgan fingerprint density at radius 2 is 2.17 bits per heavy atom. The average molecular weight is 270 g/mol. The Kier molecular flexibility index (Phi) is 5.80. The van der Waals surface area contributed by atoms with Crippen LogP contribution in [0.2, 0.25) is 0 Å². The summed E-state index contributed by atoms with van der Waals surface area (Å²) in [5.41, 5.74) is 0. The molecule has 0 radical (unpaired) electrons. The highest BCUT2D eigenvalue weighted by Gasteiger charge is 2.13. The van der Waals surface area contributed by atoms with E-state index in [4.69, 9.17) is 5.11 Å². The summed E-state index contributed by atoms with van der Waals surface area (Å²) >= 11 is 1.39. The molecule has 0 aromatic carbocycles.